The number of halogens is 6. The summed E-state index contributed by atoms with van der Waals surface area (Å²) in [6.45, 7) is 0. The molecule has 0 bridgehead atoms. The van der Waals surface area contributed by atoms with Crippen LogP contribution in [0.1, 0.15) is 11.1 Å². The van der Waals surface area contributed by atoms with Crippen LogP contribution in [0.3, 0.4) is 0 Å². The van der Waals surface area contributed by atoms with Gasteiger partial charge in [0, 0.05) is 12.1 Å². The van der Waals surface area contributed by atoms with E-state index in [4.69, 9.17) is 18.9 Å². The zero-order chi connectivity index (χ0) is 36.2. The molecule has 0 atom stereocenters. The summed E-state index contributed by atoms with van der Waals surface area (Å²) in [5.41, 5.74) is -1.65. The van der Waals surface area contributed by atoms with Crippen LogP contribution in [-0.2, 0) is 22.2 Å². The fourth-order valence-corrected chi connectivity index (χ4v) is 6.29. The minimum atomic E-state index is -4.49. The van der Waals surface area contributed by atoms with E-state index in [0.29, 0.717) is 0 Å². The Morgan fingerprint density at radius 1 is 0.373 bits per heavy atom. The zero-order valence-corrected chi connectivity index (χ0v) is 26.8. The molecule has 51 heavy (non-hydrogen) atoms. The molecule has 0 aromatic heterocycles. The fourth-order valence-electron chi connectivity index (χ4n) is 4.78. The Balaban J connectivity index is 1.21. The molecule has 0 unspecified atom stereocenters. The first-order chi connectivity index (χ1) is 24.3. The predicted molar refractivity (Wildman–Crippen MR) is 174 cm³/mol. The number of ether oxygens (including phenoxy) is 4. The first-order valence-corrected chi connectivity index (χ1v) is 16.4. The van der Waals surface area contributed by atoms with Crippen LogP contribution < -0.4 is 18.9 Å². The van der Waals surface area contributed by atoms with Crippen LogP contribution in [0, 0.1) is 0 Å². The molecule has 6 nitrogen and oxygen atoms in total. The van der Waals surface area contributed by atoms with Gasteiger partial charge < -0.3 is 18.9 Å². The van der Waals surface area contributed by atoms with E-state index in [2.05, 4.69) is 0 Å². The first-order valence-electron chi connectivity index (χ1n) is 14.9. The van der Waals surface area contributed by atoms with Crippen molar-refractivity contribution in [2.75, 3.05) is 0 Å². The van der Waals surface area contributed by atoms with Gasteiger partial charge in [-0.25, -0.2) is 8.42 Å². The maximum Gasteiger partial charge on any atom is 0.416 e. The SMILES string of the molecule is O=S(=O)(c1ccccc1Oc1cccc(Oc2ccc(C(F)(F)F)cc2)c1)c1ccccc1Oc1cccc(Oc2ccc(C(F)(F)F)cc2)c1. The Bertz CT molecular complexity index is 2100. The Morgan fingerprint density at radius 2 is 0.706 bits per heavy atom. The third-order valence-electron chi connectivity index (χ3n) is 7.18. The van der Waals surface area contributed by atoms with Crippen molar-refractivity contribution in [3.63, 3.8) is 0 Å². The lowest BCUT2D eigenvalue weighted by Crippen LogP contribution is -2.06. The molecule has 260 valence electrons. The topological polar surface area (TPSA) is 71.1 Å². The van der Waals surface area contributed by atoms with Crippen molar-refractivity contribution in [3.05, 3.63) is 157 Å². The highest BCUT2D eigenvalue weighted by Gasteiger charge is 2.31. The van der Waals surface area contributed by atoms with E-state index in [-0.39, 0.29) is 55.8 Å². The van der Waals surface area contributed by atoms with Gasteiger partial charge in [-0.3, -0.25) is 0 Å². The lowest BCUT2D eigenvalue weighted by Gasteiger charge is -2.15. The molecular weight excluding hydrogens is 698 g/mol. The molecule has 0 radical (unpaired) electrons. The average Bonchev–Trinajstić information content (AvgIpc) is 3.09. The van der Waals surface area contributed by atoms with Gasteiger partial charge in [-0.2, -0.15) is 26.3 Å². The number of sulfone groups is 1. The summed E-state index contributed by atoms with van der Waals surface area (Å²) in [5, 5.41) is 0. The molecule has 0 aliphatic heterocycles. The van der Waals surface area contributed by atoms with E-state index in [9.17, 15) is 34.8 Å². The second-order valence-corrected chi connectivity index (χ2v) is 12.7. The quantitative estimate of drug-likeness (QED) is 0.131. The van der Waals surface area contributed by atoms with E-state index in [1.807, 2.05) is 0 Å². The standard InChI is InChI=1S/C38H24F6O6S/c39-37(40,41)25-15-19-27(20-16-25)47-29-7-5-9-31(23-29)49-33-11-1-3-13-35(33)51(45,46)36-14-4-2-12-34(36)50-32-10-6-8-30(24-32)48-28-21-17-26(18-22-28)38(42,43)44/h1-24H. The summed E-state index contributed by atoms with van der Waals surface area (Å²) in [6, 6.07) is 32.5. The van der Waals surface area contributed by atoms with E-state index in [0.717, 1.165) is 24.3 Å². The molecule has 0 N–H and O–H groups in total. The van der Waals surface area contributed by atoms with Gasteiger partial charge in [0.2, 0.25) is 9.84 Å². The molecule has 0 amide bonds. The number of rotatable bonds is 10. The average molecular weight is 723 g/mol. The van der Waals surface area contributed by atoms with Crippen molar-refractivity contribution in [3.8, 4) is 46.0 Å². The van der Waals surface area contributed by atoms with Crippen LogP contribution >= 0.6 is 0 Å². The fraction of sp³-hybridized carbons (Fsp3) is 0.0526. The van der Waals surface area contributed by atoms with Gasteiger partial charge >= 0.3 is 12.4 Å². The van der Waals surface area contributed by atoms with Crippen molar-refractivity contribution in [1.29, 1.82) is 0 Å². The Labute approximate surface area is 288 Å². The first kappa shape index (κ1) is 34.9. The van der Waals surface area contributed by atoms with Crippen LogP contribution in [0.25, 0.3) is 0 Å². The van der Waals surface area contributed by atoms with Crippen molar-refractivity contribution < 1.29 is 53.7 Å². The van der Waals surface area contributed by atoms with Crippen LogP contribution in [0.2, 0.25) is 0 Å². The third kappa shape index (κ3) is 8.44. The molecule has 0 saturated carbocycles. The highest BCUT2D eigenvalue weighted by Crippen LogP contribution is 2.39. The normalized spacial score (nSPS) is 11.9. The van der Waals surface area contributed by atoms with Gasteiger partial charge in [0.25, 0.3) is 0 Å². The molecule has 0 spiro atoms. The molecule has 0 aliphatic carbocycles. The lowest BCUT2D eigenvalue weighted by atomic mass is 10.2. The second kappa shape index (κ2) is 14.1. The summed E-state index contributed by atoms with van der Waals surface area (Å²) in [4.78, 5) is -0.371. The number of hydrogen-bond acceptors (Lipinski definition) is 6. The van der Waals surface area contributed by atoms with Crippen LogP contribution in [0.15, 0.2) is 155 Å². The number of para-hydroxylation sites is 2. The monoisotopic (exact) mass is 722 g/mol. The zero-order valence-electron chi connectivity index (χ0n) is 26.0. The number of hydrogen-bond donors (Lipinski definition) is 0. The molecule has 0 aliphatic rings. The van der Waals surface area contributed by atoms with Gasteiger partial charge in [-0.15, -0.1) is 0 Å². The predicted octanol–water partition coefficient (Wildman–Crippen LogP) is 11.7. The minimum Gasteiger partial charge on any atom is -0.457 e. The maximum absolute atomic E-state index is 14.1. The molecule has 6 rings (SSSR count). The number of benzene rings is 6. The highest BCUT2D eigenvalue weighted by atomic mass is 32.2. The Kier molecular flexibility index (Phi) is 9.66. The summed E-state index contributed by atoms with van der Waals surface area (Å²) >= 11 is 0. The molecule has 13 heteroatoms. The summed E-state index contributed by atoms with van der Waals surface area (Å²) in [5.74, 6) is 1.10. The molecule has 0 fully saturated rings. The minimum absolute atomic E-state index is 0.0223. The summed E-state index contributed by atoms with van der Waals surface area (Å²) in [7, 11) is -4.29. The van der Waals surface area contributed by atoms with E-state index < -0.39 is 33.3 Å². The third-order valence-corrected chi connectivity index (χ3v) is 9.01. The van der Waals surface area contributed by atoms with Crippen molar-refractivity contribution in [2.24, 2.45) is 0 Å². The van der Waals surface area contributed by atoms with E-state index in [1.54, 1.807) is 48.5 Å². The van der Waals surface area contributed by atoms with Gasteiger partial charge in [-0.1, -0.05) is 36.4 Å². The summed E-state index contributed by atoms with van der Waals surface area (Å²) in [6.07, 6.45) is -8.98. The maximum atomic E-state index is 14.1. The van der Waals surface area contributed by atoms with E-state index in [1.165, 1.54) is 72.8 Å². The largest absolute Gasteiger partial charge is 0.457 e. The second-order valence-electron chi connectivity index (χ2n) is 10.8. The van der Waals surface area contributed by atoms with Crippen molar-refractivity contribution in [2.45, 2.75) is 22.1 Å². The molecule has 6 aromatic rings. The highest BCUT2D eigenvalue weighted by molar-refractivity contribution is 7.91. The van der Waals surface area contributed by atoms with Gasteiger partial charge in [0.15, 0.2) is 0 Å². The van der Waals surface area contributed by atoms with Crippen molar-refractivity contribution in [1.82, 2.24) is 0 Å². The Morgan fingerprint density at radius 3 is 1.06 bits per heavy atom. The van der Waals surface area contributed by atoms with Crippen LogP contribution in [-0.4, -0.2) is 8.42 Å². The molecule has 6 aromatic carbocycles. The van der Waals surface area contributed by atoms with Gasteiger partial charge in [-0.05, 0) is 97.1 Å². The molecule has 0 heterocycles. The smallest absolute Gasteiger partial charge is 0.416 e. The van der Waals surface area contributed by atoms with Crippen LogP contribution in [0.5, 0.6) is 46.0 Å². The van der Waals surface area contributed by atoms with Crippen LogP contribution in [0.4, 0.5) is 26.3 Å². The van der Waals surface area contributed by atoms with Gasteiger partial charge in [0.1, 0.15) is 55.8 Å². The number of alkyl halides is 6. The molecular formula is C38H24F6O6S. The Hall–Kier alpha value is -5.95. The summed E-state index contributed by atoms with van der Waals surface area (Å²) < 4.78 is 129. The van der Waals surface area contributed by atoms with Gasteiger partial charge in [0.05, 0.1) is 11.1 Å². The molecule has 0 saturated heterocycles. The van der Waals surface area contributed by atoms with Crippen molar-refractivity contribution >= 4 is 9.84 Å². The lowest BCUT2D eigenvalue weighted by molar-refractivity contribution is -0.138. The van der Waals surface area contributed by atoms with E-state index >= 15 is 0 Å².